The second-order valence-electron chi connectivity index (χ2n) is 6.41. The predicted molar refractivity (Wildman–Crippen MR) is 89.1 cm³/mol. The normalized spacial score (nSPS) is 13.6. The summed E-state index contributed by atoms with van der Waals surface area (Å²) in [6.45, 7) is 7.90. The molecular formula is C18H26FNO4. The number of carboxylic acid groups (broad SMARTS) is 1. The highest BCUT2D eigenvalue weighted by molar-refractivity contribution is 5.84. The number of aliphatic carboxylic acids is 1. The first-order valence-electron chi connectivity index (χ1n) is 8.10. The van der Waals surface area contributed by atoms with E-state index in [4.69, 9.17) is 4.74 Å². The molecule has 0 bridgehead atoms. The van der Waals surface area contributed by atoms with E-state index in [1.54, 1.807) is 6.92 Å². The summed E-state index contributed by atoms with van der Waals surface area (Å²) >= 11 is 0. The summed E-state index contributed by atoms with van der Waals surface area (Å²) in [5.41, 5.74) is 0.669. The Labute approximate surface area is 142 Å². The molecule has 1 amide bonds. The highest BCUT2D eigenvalue weighted by Gasteiger charge is 2.22. The summed E-state index contributed by atoms with van der Waals surface area (Å²) in [7, 11) is 0. The van der Waals surface area contributed by atoms with Gasteiger partial charge in [0.05, 0.1) is 19.1 Å². The van der Waals surface area contributed by atoms with E-state index in [-0.39, 0.29) is 19.1 Å². The van der Waals surface area contributed by atoms with Crippen molar-refractivity contribution in [2.24, 2.45) is 5.92 Å². The van der Waals surface area contributed by atoms with Crippen molar-refractivity contribution in [1.82, 2.24) is 5.32 Å². The van der Waals surface area contributed by atoms with Gasteiger partial charge in [0.15, 0.2) is 6.04 Å². The van der Waals surface area contributed by atoms with E-state index in [9.17, 15) is 19.1 Å². The van der Waals surface area contributed by atoms with E-state index in [2.05, 4.69) is 19.2 Å². The van der Waals surface area contributed by atoms with Gasteiger partial charge in [-0.2, -0.15) is 0 Å². The number of rotatable bonds is 9. The van der Waals surface area contributed by atoms with E-state index in [1.165, 1.54) is 18.2 Å². The topological polar surface area (TPSA) is 75.6 Å². The molecule has 5 nitrogen and oxygen atoms in total. The van der Waals surface area contributed by atoms with Crippen LogP contribution >= 0.6 is 0 Å². The Hall–Kier alpha value is -1.95. The van der Waals surface area contributed by atoms with Gasteiger partial charge in [0.25, 0.3) is 0 Å². The van der Waals surface area contributed by atoms with Crippen LogP contribution in [0.15, 0.2) is 18.2 Å². The van der Waals surface area contributed by atoms with Crippen LogP contribution in [0.4, 0.5) is 4.39 Å². The van der Waals surface area contributed by atoms with Crippen molar-refractivity contribution in [3.63, 3.8) is 0 Å². The van der Waals surface area contributed by atoms with Crippen molar-refractivity contribution in [3.05, 3.63) is 35.1 Å². The zero-order valence-corrected chi connectivity index (χ0v) is 14.6. The minimum absolute atomic E-state index is 0.0489. The molecule has 134 valence electrons. The standard InChI is InChI=1S/C18H26FNO4/c1-11(2)9-13(4)24-8-7-16(21)20-17(18(22)23)14-5-6-15(19)12(3)10-14/h5-6,10-11,13,17H,7-9H2,1-4H3,(H,20,21)(H,22,23). The summed E-state index contributed by atoms with van der Waals surface area (Å²) in [6, 6.07) is 2.78. The van der Waals surface area contributed by atoms with Crippen LogP contribution in [-0.2, 0) is 14.3 Å². The molecular weight excluding hydrogens is 313 g/mol. The number of halogens is 1. The molecule has 0 aliphatic carbocycles. The second-order valence-corrected chi connectivity index (χ2v) is 6.41. The van der Waals surface area contributed by atoms with Crippen LogP contribution in [0.5, 0.6) is 0 Å². The molecule has 6 heteroatoms. The lowest BCUT2D eigenvalue weighted by Gasteiger charge is -2.17. The molecule has 0 aliphatic heterocycles. The van der Waals surface area contributed by atoms with Gasteiger partial charge < -0.3 is 15.2 Å². The van der Waals surface area contributed by atoms with Gasteiger partial charge in [-0.1, -0.05) is 26.0 Å². The van der Waals surface area contributed by atoms with E-state index in [0.717, 1.165) is 6.42 Å². The van der Waals surface area contributed by atoms with Crippen LogP contribution in [0, 0.1) is 18.7 Å². The smallest absolute Gasteiger partial charge is 0.330 e. The Bertz CT molecular complexity index is 574. The fourth-order valence-electron chi connectivity index (χ4n) is 2.45. The average molecular weight is 339 g/mol. The van der Waals surface area contributed by atoms with Crippen LogP contribution in [0.3, 0.4) is 0 Å². The molecule has 0 aliphatic rings. The fourth-order valence-corrected chi connectivity index (χ4v) is 2.45. The minimum atomic E-state index is -1.20. The van der Waals surface area contributed by atoms with Gasteiger partial charge >= 0.3 is 5.97 Å². The predicted octanol–water partition coefficient (Wildman–Crippen LogP) is 3.22. The number of nitrogens with one attached hydrogen (secondary N) is 1. The number of carbonyl (C=O) groups is 2. The zero-order valence-electron chi connectivity index (χ0n) is 14.6. The summed E-state index contributed by atoms with van der Waals surface area (Å²) in [5, 5.41) is 11.8. The molecule has 0 radical (unpaired) electrons. The first kappa shape index (κ1) is 20.1. The molecule has 24 heavy (non-hydrogen) atoms. The lowest BCUT2D eigenvalue weighted by atomic mass is 10.0. The molecule has 2 N–H and O–H groups in total. The van der Waals surface area contributed by atoms with E-state index >= 15 is 0 Å². The Morgan fingerprint density at radius 3 is 2.50 bits per heavy atom. The Kier molecular flexibility index (Phi) is 7.85. The highest BCUT2D eigenvalue weighted by Crippen LogP contribution is 2.17. The average Bonchev–Trinajstić information content (AvgIpc) is 2.46. The van der Waals surface area contributed by atoms with Crippen molar-refractivity contribution in [1.29, 1.82) is 0 Å². The summed E-state index contributed by atoms with van der Waals surface area (Å²) in [6.07, 6.45) is 1.02. The first-order valence-corrected chi connectivity index (χ1v) is 8.10. The van der Waals surface area contributed by atoms with Crippen molar-refractivity contribution >= 4 is 11.9 Å². The number of benzene rings is 1. The fraction of sp³-hybridized carbons (Fsp3) is 0.556. The minimum Gasteiger partial charge on any atom is -0.479 e. The third-order valence-electron chi connectivity index (χ3n) is 3.60. The number of hydrogen-bond donors (Lipinski definition) is 2. The van der Waals surface area contributed by atoms with Gasteiger partial charge in [-0.15, -0.1) is 0 Å². The number of amides is 1. The first-order chi connectivity index (χ1) is 11.2. The molecule has 1 rings (SSSR count). The molecule has 0 saturated carbocycles. The van der Waals surface area contributed by atoms with Crippen molar-refractivity contribution < 1.29 is 23.8 Å². The van der Waals surface area contributed by atoms with Crippen LogP contribution in [-0.4, -0.2) is 29.7 Å². The summed E-state index contributed by atoms with van der Waals surface area (Å²) in [5.74, 6) is -1.52. The van der Waals surface area contributed by atoms with Crippen LogP contribution in [0.1, 0.15) is 50.8 Å². The molecule has 0 spiro atoms. The van der Waals surface area contributed by atoms with Crippen LogP contribution in [0.2, 0.25) is 0 Å². The Morgan fingerprint density at radius 2 is 1.96 bits per heavy atom. The third-order valence-corrected chi connectivity index (χ3v) is 3.60. The van der Waals surface area contributed by atoms with Gasteiger partial charge in [0, 0.05) is 0 Å². The van der Waals surface area contributed by atoms with Gasteiger partial charge in [-0.25, -0.2) is 9.18 Å². The number of ether oxygens (including phenoxy) is 1. The van der Waals surface area contributed by atoms with Crippen molar-refractivity contribution in [2.45, 2.75) is 52.7 Å². The second kappa shape index (κ2) is 9.37. The van der Waals surface area contributed by atoms with Crippen LogP contribution in [0.25, 0.3) is 0 Å². The van der Waals surface area contributed by atoms with Gasteiger partial charge in [-0.3, -0.25) is 4.79 Å². The lowest BCUT2D eigenvalue weighted by Crippen LogP contribution is -2.34. The molecule has 2 unspecified atom stereocenters. The molecule has 0 fully saturated rings. The number of carbonyl (C=O) groups excluding carboxylic acids is 1. The number of carboxylic acids is 1. The van der Waals surface area contributed by atoms with Crippen LogP contribution < -0.4 is 5.32 Å². The van der Waals surface area contributed by atoms with E-state index < -0.39 is 23.7 Å². The maximum atomic E-state index is 13.3. The van der Waals surface area contributed by atoms with Gasteiger partial charge in [0.2, 0.25) is 5.91 Å². The number of aryl methyl sites for hydroxylation is 1. The van der Waals surface area contributed by atoms with Crippen molar-refractivity contribution in [3.8, 4) is 0 Å². The van der Waals surface area contributed by atoms with Gasteiger partial charge in [0.1, 0.15) is 5.82 Å². The van der Waals surface area contributed by atoms with Gasteiger partial charge in [-0.05, 0) is 43.4 Å². The highest BCUT2D eigenvalue weighted by atomic mass is 19.1. The van der Waals surface area contributed by atoms with E-state index in [0.29, 0.717) is 17.0 Å². The Balaban J connectivity index is 2.57. The SMILES string of the molecule is Cc1cc(C(NC(=O)CCOC(C)CC(C)C)C(=O)O)ccc1F. The summed E-state index contributed by atoms with van der Waals surface area (Å²) < 4.78 is 18.9. The van der Waals surface area contributed by atoms with Crippen molar-refractivity contribution in [2.75, 3.05) is 6.61 Å². The molecule has 2 atom stereocenters. The Morgan fingerprint density at radius 1 is 1.29 bits per heavy atom. The quantitative estimate of drug-likeness (QED) is 0.724. The molecule has 0 heterocycles. The maximum absolute atomic E-state index is 13.3. The molecule has 0 saturated heterocycles. The molecule has 1 aromatic carbocycles. The maximum Gasteiger partial charge on any atom is 0.330 e. The monoisotopic (exact) mass is 339 g/mol. The molecule has 1 aromatic rings. The largest absolute Gasteiger partial charge is 0.479 e. The molecule has 0 aromatic heterocycles. The lowest BCUT2D eigenvalue weighted by molar-refractivity contribution is -0.142. The number of hydrogen-bond acceptors (Lipinski definition) is 3. The third kappa shape index (κ3) is 6.66. The summed E-state index contributed by atoms with van der Waals surface area (Å²) in [4.78, 5) is 23.4. The zero-order chi connectivity index (χ0) is 18.3. The van der Waals surface area contributed by atoms with E-state index in [1.807, 2.05) is 6.92 Å².